The minimum Gasteiger partial charge on any atom is -0.351 e. The Hall–Kier alpha value is -1.89. The van der Waals surface area contributed by atoms with E-state index in [0.29, 0.717) is 35.5 Å². The lowest BCUT2D eigenvalue weighted by molar-refractivity contribution is -0.131. The molecule has 4 fully saturated rings. The molecule has 3 aliphatic carbocycles. The molecule has 0 aromatic carbocycles. The molecule has 1 atom stereocenters. The van der Waals surface area contributed by atoms with Crippen LogP contribution in [0.1, 0.15) is 87.4 Å². The zero-order valence-corrected chi connectivity index (χ0v) is 18.5. The molecule has 3 N–H and O–H groups in total. The zero-order valence-electron chi connectivity index (χ0n) is 18.5. The van der Waals surface area contributed by atoms with Crippen LogP contribution in [0, 0.1) is 16.7 Å². The lowest BCUT2D eigenvalue weighted by Crippen LogP contribution is -2.50. The van der Waals surface area contributed by atoms with Crippen molar-refractivity contribution >= 4 is 11.8 Å². The van der Waals surface area contributed by atoms with Crippen LogP contribution in [0.15, 0.2) is 6.07 Å². The number of aromatic nitrogens is 2. The van der Waals surface area contributed by atoms with Crippen LogP contribution in [0.5, 0.6) is 0 Å². The highest BCUT2D eigenvalue weighted by molar-refractivity contribution is 5.92. The van der Waals surface area contributed by atoms with Gasteiger partial charge >= 0.3 is 0 Å². The average molecular weight is 414 g/mol. The van der Waals surface area contributed by atoms with Crippen LogP contribution >= 0.6 is 0 Å². The number of hydrogen-bond donors (Lipinski definition) is 3. The summed E-state index contributed by atoms with van der Waals surface area (Å²) in [5.74, 6) is 0.219. The molecule has 4 aliphatic rings. The van der Waals surface area contributed by atoms with Crippen LogP contribution in [0.25, 0.3) is 0 Å². The van der Waals surface area contributed by atoms with Gasteiger partial charge < -0.3 is 10.6 Å². The maximum absolute atomic E-state index is 12.6. The van der Waals surface area contributed by atoms with Gasteiger partial charge in [0, 0.05) is 18.0 Å². The van der Waals surface area contributed by atoms with Crippen molar-refractivity contribution < 1.29 is 9.59 Å². The number of aromatic amines is 1. The number of nitrogens with one attached hydrogen (secondary N) is 3. The van der Waals surface area contributed by atoms with Crippen LogP contribution in [0.2, 0.25) is 0 Å². The molecule has 0 bridgehead atoms. The van der Waals surface area contributed by atoms with Crippen molar-refractivity contribution in [3.8, 4) is 0 Å². The number of nitrogens with zero attached hydrogens (tertiary/aromatic N) is 2. The summed E-state index contributed by atoms with van der Waals surface area (Å²) in [6.45, 7) is 5.66. The topological polar surface area (TPSA) is 90.1 Å². The second kappa shape index (κ2) is 6.81. The molecule has 5 rings (SSSR count). The molecule has 0 radical (unpaired) electrons. The molecule has 1 aliphatic heterocycles. The number of hydrogen-bond acceptors (Lipinski definition) is 4. The van der Waals surface area contributed by atoms with Crippen LogP contribution < -0.4 is 10.6 Å². The highest BCUT2D eigenvalue weighted by atomic mass is 16.2. The van der Waals surface area contributed by atoms with Gasteiger partial charge in [-0.2, -0.15) is 5.10 Å². The van der Waals surface area contributed by atoms with E-state index in [9.17, 15) is 9.59 Å². The molecule has 7 heteroatoms. The van der Waals surface area contributed by atoms with E-state index in [2.05, 4.69) is 32.8 Å². The molecule has 1 aromatic heterocycles. The van der Waals surface area contributed by atoms with Gasteiger partial charge in [-0.05, 0) is 95.7 Å². The van der Waals surface area contributed by atoms with Crippen LogP contribution in [0.3, 0.4) is 0 Å². The number of fused-ring (bicyclic) bond motifs is 1. The number of carbonyl (C=O) groups excluding carboxylic acids is 2. The van der Waals surface area contributed by atoms with Gasteiger partial charge in [-0.3, -0.25) is 19.6 Å². The normalized spacial score (nSPS) is 31.6. The number of carbonyl (C=O) groups is 2. The molecular weight excluding hydrogens is 378 g/mol. The van der Waals surface area contributed by atoms with Crippen molar-refractivity contribution in [2.24, 2.45) is 16.7 Å². The first kappa shape index (κ1) is 20.0. The van der Waals surface area contributed by atoms with E-state index in [1.54, 1.807) is 0 Å². The predicted molar refractivity (Wildman–Crippen MR) is 114 cm³/mol. The van der Waals surface area contributed by atoms with Crippen molar-refractivity contribution in [3.63, 3.8) is 0 Å². The predicted octanol–water partition coefficient (Wildman–Crippen LogP) is 2.77. The summed E-state index contributed by atoms with van der Waals surface area (Å²) in [6.07, 6.45) is 9.28. The molecule has 1 unspecified atom stereocenters. The fourth-order valence-corrected chi connectivity index (χ4v) is 6.11. The van der Waals surface area contributed by atoms with Gasteiger partial charge in [0.1, 0.15) is 5.69 Å². The first-order valence-electron chi connectivity index (χ1n) is 11.6. The Kier molecular flexibility index (Phi) is 4.55. The molecule has 1 saturated heterocycles. The first-order valence-corrected chi connectivity index (χ1v) is 11.6. The van der Waals surface area contributed by atoms with E-state index in [1.807, 2.05) is 19.9 Å². The van der Waals surface area contributed by atoms with Crippen molar-refractivity contribution in [1.29, 1.82) is 0 Å². The second-order valence-electron chi connectivity index (χ2n) is 11.1. The van der Waals surface area contributed by atoms with Gasteiger partial charge in [0.2, 0.25) is 5.91 Å². The third kappa shape index (κ3) is 3.45. The Morgan fingerprint density at radius 2 is 2.07 bits per heavy atom. The highest BCUT2D eigenvalue weighted by Gasteiger charge is 2.77. The molecule has 7 nitrogen and oxygen atoms in total. The van der Waals surface area contributed by atoms with Crippen molar-refractivity contribution in [1.82, 2.24) is 25.7 Å². The number of likely N-dealkylation sites (tertiary alicyclic amines) is 1. The van der Waals surface area contributed by atoms with E-state index in [1.165, 1.54) is 25.7 Å². The van der Waals surface area contributed by atoms with Crippen LogP contribution in [-0.2, 0) is 4.79 Å². The summed E-state index contributed by atoms with van der Waals surface area (Å²) < 4.78 is 0. The lowest BCUT2D eigenvalue weighted by Gasteiger charge is -2.38. The maximum Gasteiger partial charge on any atom is 0.271 e. The van der Waals surface area contributed by atoms with Gasteiger partial charge in [-0.25, -0.2) is 0 Å². The van der Waals surface area contributed by atoms with Crippen molar-refractivity contribution in [2.45, 2.75) is 76.8 Å². The van der Waals surface area contributed by atoms with E-state index in [0.717, 1.165) is 31.5 Å². The fraction of sp³-hybridized carbons (Fsp3) is 0.783. The third-order valence-electron chi connectivity index (χ3n) is 8.38. The van der Waals surface area contributed by atoms with E-state index < -0.39 is 0 Å². The van der Waals surface area contributed by atoms with Gasteiger partial charge in [-0.1, -0.05) is 0 Å². The lowest BCUT2D eigenvalue weighted by atomic mass is 9.69. The summed E-state index contributed by atoms with van der Waals surface area (Å²) >= 11 is 0. The van der Waals surface area contributed by atoms with Crippen LogP contribution in [-0.4, -0.2) is 52.6 Å². The van der Waals surface area contributed by atoms with E-state index in [-0.39, 0.29) is 23.3 Å². The number of H-pyrrole nitrogens is 1. The summed E-state index contributed by atoms with van der Waals surface area (Å²) in [7, 11) is 2.10. The molecule has 2 amide bonds. The summed E-state index contributed by atoms with van der Waals surface area (Å²) in [4.78, 5) is 27.4. The highest BCUT2D eigenvalue weighted by Crippen LogP contribution is 2.86. The molecule has 164 valence electrons. The minimum absolute atomic E-state index is 0.162. The van der Waals surface area contributed by atoms with E-state index >= 15 is 0 Å². The Morgan fingerprint density at radius 1 is 1.30 bits per heavy atom. The second-order valence-corrected chi connectivity index (χ2v) is 11.1. The third-order valence-corrected chi connectivity index (χ3v) is 8.38. The molecule has 30 heavy (non-hydrogen) atoms. The van der Waals surface area contributed by atoms with Crippen LogP contribution in [0.4, 0.5) is 0 Å². The summed E-state index contributed by atoms with van der Waals surface area (Å²) in [5, 5.41) is 13.4. The van der Waals surface area contributed by atoms with Gasteiger partial charge in [0.15, 0.2) is 0 Å². The molecule has 2 spiro atoms. The SMILES string of the molecule is CN1CCCC1c1cc(C(=O)NCCC(C)(C)NC(=O)C2CC3(C2)CC32CC2)n[nH]1. The molecule has 2 heterocycles. The Balaban J connectivity index is 1.05. The smallest absolute Gasteiger partial charge is 0.271 e. The van der Waals surface area contributed by atoms with Gasteiger partial charge in [0.05, 0.1) is 11.7 Å². The fourth-order valence-electron chi connectivity index (χ4n) is 6.11. The zero-order chi connectivity index (χ0) is 21.1. The minimum atomic E-state index is -0.336. The standard InChI is InChI=1S/C23H35N5O2/c1-21(2,25-19(29)15-12-23(13-15)14-22(23)6-7-22)8-9-24-20(30)17-11-16(26-27-17)18-5-4-10-28(18)3/h11,15,18H,4-10,12-14H2,1-3H3,(H,24,30)(H,25,29)(H,26,27). The first-order chi connectivity index (χ1) is 14.2. The Bertz CT molecular complexity index is 850. The quantitative estimate of drug-likeness (QED) is 0.641. The van der Waals surface area contributed by atoms with E-state index in [4.69, 9.17) is 0 Å². The molecule has 1 aromatic rings. The maximum atomic E-state index is 12.6. The van der Waals surface area contributed by atoms with Gasteiger partial charge in [0.25, 0.3) is 5.91 Å². The summed E-state index contributed by atoms with van der Waals surface area (Å²) in [5.41, 5.74) is 2.32. The monoisotopic (exact) mass is 413 g/mol. The van der Waals surface area contributed by atoms with Crippen molar-refractivity contribution in [3.05, 3.63) is 17.5 Å². The number of rotatable bonds is 7. The summed E-state index contributed by atoms with van der Waals surface area (Å²) in [6, 6.07) is 2.19. The largest absolute Gasteiger partial charge is 0.351 e. The Labute approximate surface area is 178 Å². The Morgan fingerprint density at radius 3 is 2.70 bits per heavy atom. The van der Waals surface area contributed by atoms with Gasteiger partial charge in [-0.15, -0.1) is 0 Å². The van der Waals surface area contributed by atoms with Crippen molar-refractivity contribution in [2.75, 3.05) is 20.1 Å². The molecular formula is C23H35N5O2. The molecule has 3 saturated carbocycles. The average Bonchev–Trinajstić information content (AvgIpc) is 3.41. The number of amides is 2.